The molecule has 0 aliphatic rings. The fourth-order valence-electron chi connectivity index (χ4n) is 3.00. The van der Waals surface area contributed by atoms with Gasteiger partial charge in [-0.3, -0.25) is 4.57 Å². The van der Waals surface area contributed by atoms with Crippen LogP contribution >= 0.6 is 23.1 Å². The van der Waals surface area contributed by atoms with Crippen molar-refractivity contribution in [2.45, 2.75) is 30.8 Å². The van der Waals surface area contributed by atoms with Crippen LogP contribution in [0.1, 0.15) is 25.6 Å². The number of hydrogen-bond acceptors (Lipinski definition) is 6. The van der Waals surface area contributed by atoms with Gasteiger partial charge in [0.25, 0.3) is 0 Å². The summed E-state index contributed by atoms with van der Waals surface area (Å²) in [5.74, 6) is 2.46. The summed E-state index contributed by atoms with van der Waals surface area (Å²) in [7, 11) is 1.67. The van der Waals surface area contributed by atoms with E-state index in [0.717, 1.165) is 44.3 Å². The SMILES string of the molecule is COc1ccc(-c2nnc(SCc3csc(-c4ccccc4)n3)n2C(C)C)cc1. The van der Waals surface area contributed by atoms with Crippen LogP contribution in [0.4, 0.5) is 0 Å². The van der Waals surface area contributed by atoms with E-state index in [9.17, 15) is 0 Å². The minimum atomic E-state index is 0.250. The Morgan fingerprint density at radius 3 is 2.45 bits per heavy atom. The number of methoxy groups -OCH3 is 1. The molecule has 4 aromatic rings. The topological polar surface area (TPSA) is 52.8 Å². The highest BCUT2D eigenvalue weighted by Crippen LogP contribution is 2.31. The second-order valence-electron chi connectivity index (χ2n) is 6.80. The number of thiazole rings is 1. The molecule has 2 aromatic carbocycles. The average Bonchev–Trinajstić information content (AvgIpc) is 3.40. The third kappa shape index (κ3) is 4.36. The summed E-state index contributed by atoms with van der Waals surface area (Å²) in [6, 6.07) is 18.5. The van der Waals surface area contributed by atoms with E-state index in [1.54, 1.807) is 30.2 Å². The van der Waals surface area contributed by atoms with Gasteiger partial charge in [-0.05, 0) is 38.1 Å². The van der Waals surface area contributed by atoms with Crippen molar-refractivity contribution in [1.29, 1.82) is 0 Å². The summed E-state index contributed by atoms with van der Waals surface area (Å²) in [6.45, 7) is 4.30. The summed E-state index contributed by atoms with van der Waals surface area (Å²) in [5, 5.41) is 13.0. The lowest BCUT2D eigenvalue weighted by Crippen LogP contribution is -2.05. The number of nitrogens with zero attached hydrogens (tertiary/aromatic N) is 4. The minimum Gasteiger partial charge on any atom is -0.497 e. The number of ether oxygens (including phenoxy) is 1. The van der Waals surface area contributed by atoms with Crippen molar-refractivity contribution in [1.82, 2.24) is 19.7 Å². The standard InChI is InChI=1S/C22H22N4OS2/c1-15(2)26-20(16-9-11-19(27-3)12-10-16)24-25-22(26)29-14-18-13-28-21(23-18)17-7-5-4-6-8-17/h4-13,15H,14H2,1-3H3. The van der Waals surface area contributed by atoms with E-state index < -0.39 is 0 Å². The first-order chi connectivity index (χ1) is 14.2. The maximum atomic E-state index is 5.26. The van der Waals surface area contributed by atoms with E-state index in [2.05, 4.69) is 46.1 Å². The smallest absolute Gasteiger partial charge is 0.192 e. The van der Waals surface area contributed by atoms with Gasteiger partial charge in [-0.2, -0.15) is 0 Å². The Morgan fingerprint density at radius 1 is 1.00 bits per heavy atom. The molecule has 0 bridgehead atoms. The molecule has 5 nitrogen and oxygen atoms in total. The predicted molar refractivity (Wildman–Crippen MR) is 120 cm³/mol. The van der Waals surface area contributed by atoms with Crippen LogP contribution in [0.3, 0.4) is 0 Å². The van der Waals surface area contributed by atoms with Gasteiger partial charge in [0.1, 0.15) is 10.8 Å². The van der Waals surface area contributed by atoms with Crippen molar-refractivity contribution in [3.05, 3.63) is 65.7 Å². The van der Waals surface area contributed by atoms with E-state index in [-0.39, 0.29) is 6.04 Å². The van der Waals surface area contributed by atoms with Crippen LogP contribution in [0.25, 0.3) is 22.0 Å². The zero-order chi connectivity index (χ0) is 20.2. The molecule has 0 saturated carbocycles. The fourth-order valence-corrected chi connectivity index (χ4v) is 4.89. The number of aromatic nitrogens is 4. The summed E-state index contributed by atoms with van der Waals surface area (Å²) < 4.78 is 7.43. The first kappa shape index (κ1) is 19.7. The Hall–Kier alpha value is -2.64. The van der Waals surface area contributed by atoms with Crippen molar-refractivity contribution < 1.29 is 4.74 Å². The first-order valence-electron chi connectivity index (χ1n) is 9.37. The van der Waals surface area contributed by atoms with Gasteiger partial charge in [0.2, 0.25) is 0 Å². The molecular weight excluding hydrogens is 400 g/mol. The van der Waals surface area contributed by atoms with Crippen LogP contribution < -0.4 is 4.74 Å². The Kier molecular flexibility index (Phi) is 5.97. The van der Waals surface area contributed by atoms with E-state index in [4.69, 9.17) is 9.72 Å². The van der Waals surface area contributed by atoms with Gasteiger partial charge in [-0.1, -0.05) is 42.1 Å². The molecule has 0 spiro atoms. The average molecular weight is 423 g/mol. The van der Waals surface area contributed by atoms with Crippen LogP contribution in [0.5, 0.6) is 5.75 Å². The van der Waals surface area contributed by atoms with Gasteiger partial charge in [0.05, 0.1) is 12.8 Å². The number of rotatable bonds is 7. The summed E-state index contributed by atoms with van der Waals surface area (Å²) in [6.07, 6.45) is 0. The molecule has 0 N–H and O–H groups in total. The van der Waals surface area contributed by atoms with Gasteiger partial charge in [-0.25, -0.2) is 4.98 Å². The molecule has 4 rings (SSSR count). The Labute approximate surface area is 178 Å². The molecule has 0 aliphatic heterocycles. The van der Waals surface area contributed by atoms with Crippen molar-refractivity contribution >= 4 is 23.1 Å². The van der Waals surface area contributed by atoms with E-state index in [1.165, 1.54) is 0 Å². The largest absolute Gasteiger partial charge is 0.497 e. The maximum absolute atomic E-state index is 5.26. The quantitative estimate of drug-likeness (QED) is 0.344. The monoisotopic (exact) mass is 422 g/mol. The van der Waals surface area contributed by atoms with Crippen molar-refractivity contribution in [2.75, 3.05) is 7.11 Å². The van der Waals surface area contributed by atoms with Gasteiger partial charge in [0.15, 0.2) is 11.0 Å². The van der Waals surface area contributed by atoms with Crippen LogP contribution in [0.15, 0.2) is 65.1 Å². The Balaban J connectivity index is 1.53. The van der Waals surface area contributed by atoms with Gasteiger partial charge in [0, 0.05) is 28.3 Å². The highest BCUT2D eigenvalue weighted by molar-refractivity contribution is 7.98. The molecule has 0 atom stereocenters. The highest BCUT2D eigenvalue weighted by Gasteiger charge is 2.17. The summed E-state index contributed by atoms with van der Waals surface area (Å²) in [5.41, 5.74) is 3.24. The molecular formula is C22H22N4OS2. The molecule has 0 unspecified atom stereocenters. The zero-order valence-corrected chi connectivity index (χ0v) is 18.2. The molecule has 148 valence electrons. The zero-order valence-electron chi connectivity index (χ0n) is 16.6. The molecule has 2 heterocycles. The summed E-state index contributed by atoms with van der Waals surface area (Å²) in [4.78, 5) is 4.78. The maximum Gasteiger partial charge on any atom is 0.192 e. The molecule has 0 saturated heterocycles. The van der Waals surface area contributed by atoms with E-state index >= 15 is 0 Å². The lowest BCUT2D eigenvalue weighted by Gasteiger charge is -2.13. The Bertz CT molecular complexity index is 1070. The molecule has 0 aliphatic carbocycles. The number of benzene rings is 2. The second-order valence-corrected chi connectivity index (χ2v) is 8.60. The van der Waals surface area contributed by atoms with Crippen molar-refractivity contribution in [3.63, 3.8) is 0 Å². The molecule has 0 amide bonds. The van der Waals surface area contributed by atoms with Crippen LogP contribution in [-0.4, -0.2) is 26.9 Å². The highest BCUT2D eigenvalue weighted by atomic mass is 32.2. The van der Waals surface area contributed by atoms with Crippen LogP contribution in [0, 0.1) is 0 Å². The minimum absolute atomic E-state index is 0.250. The number of hydrogen-bond donors (Lipinski definition) is 0. The molecule has 0 radical (unpaired) electrons. The Morgan fingerprint density at radius 2 is 1.76 bits per heavy atom. The first-order valence-corrected chi connectivity index (χ1v) is 11.2. The third-order valence-corrected chi connectivity index (χ3v) is 6.37. The van der Waals surface area contributed by atoms with Crippen molar-refractivity contribution in [2.24, 2.45) is 0 Å². The second kappa shape index (κ2) is 8.80. The lowest BCUT2D eigenvalue weighted by molar-refractivity contribution is 0.415. The number of thioether (sulfide) groups is 1. The molecule has 29 heavy (non-hydrogen) atoms. The fraction of sp³-hybridized carbons (Fsp3) is 0.227. The van der Waals surface area contributed by atoms with Crippen LogP contribution in [-0.2, 0) is 5.75 Å². The van der Waals surface area contributed by atoms with Gasteiger partial charge >= 0.3 is 0 Å². The van der Waals surface area contributed by atoms with Crippen molar-refractivity contribution in [3.8, 4) is 27.7 Å². The lowest BCUT2D eigenvalue weighted by atomic mass is 10.2. The van der Waals surface area contributed by atoms with Gasteiger partial charge in [-0.15, -0.1) is 21.5 Å². The molecule has 0 fully saturated rings. The van der Waals surface area contributed by atoms with E-state index in [0.29, 0.717) is 0 Å². The summed E-state index contributed by atoms with van der Waals surface area (Å²) >= 11 is 3.34. The molecule has 2 aromatic heterocycles. The third-order valence-electron chi connectivity index (χ3n) is 4.45. The molecule has 7 heteroatoms. The van der Waals surface area contributed by atoms with Crippen LogP contribution in [0.2, 0.25) is 0 Å². The van der Waals surface area contributed by atoms with E-state index in [1.807, 2.05) is 42.5 Å². The van der Waals surface area contributed by atoms with Gasteiger partial charge < -0.3 is 4.74 Å². The predicted octanol–water partition coefficient (Wildman–Crippen LogP) is 5.95. The normalized spacial score (nSPS) is 11.2.